The minimum absolute atomic E-state index is 0.00480. The Bertz CT molecular complexity index is 556. The van der Waals surface area contributed by atoms with E-state index in [1.54, 1.807) is 4.90 Å². The molecule has 0 spiro atoms. The number of nitrogens with zero attached hydrogens (tertiary/aromatic N) is 3. The predicted molar refractivity (Wildman–Crippen MR) is 70.8 cm³/mol. The Hall–Kier alpha value is -2.45. The fourth-order valence-corrected chi connectivity index (χ4v) is 2.52. The first kappa shape index (κ1) is 14.9. The second-order valence-electron chi connectivity index (χ2n) is 4.98. The van der Waals surface area contributed by atoms with E-state index in [1.807, 2.05) is 0 Å². The fraction of sp³-hybridized carbons (Fsp3) is 0.583. The van der Waals surface area contributed by atoms with Crippen LogP contribution in [-0.2, 0) is 4.79 Å². The monoisotopic (exact) mass is 296 g/mol. The van der Waals surface area contributed by atoms with Gasteiger partial charge in [0.15, 0.2) is 5.69 Å². The quantitative estimate of drug-likeness (QED) is 0.619. The first-order valence-corrected chi connectivity index (χ1v) is 6.71. The lowest BCUT2D eigenvalue weighted by atomic mass is 9.97. The van der Waals surface area contributed by atoms with Crippen LogP contribution >= 0.6 is 0 Å². The third-order valence-electron chi connectivity index (χ3n) is 3.56. The highest BCUT2D eigenvalue weighted by atomic mass is 16.6. The molecule has 21 heavy (non-hydrogen) atoms. The summed E-state index contributed by atoms with van der Waals surface area (Å²) in [5, 5.41) is 25.2. The molecule has 0 bridgehead atoms. The third kappa shape index (κ3) is 3.56. The van der Waals surface area contributed by atoms with Crippen molar-refractivity contribution >= 4 is 17.7 Å². The Morgan fingerprint density at radius 2 is 2.29 bits per heavy atom. The molecule has 1 aliphatic heterocycles. The zero-order chi connectivity index (χ0) is 15.4. The lowest BCUT2D eigenvalue weighted by Gasteiger charge is -2.35. The Morgan fingerprint density at radius 1 is 1.52 bits per heavy atom. The molecule has 0 radical (unpaired) electrons. The van der Waals surface area contributed by atoms with Crippen molar-refractivity contribution in [3.63, 3.8) is 0 Å². The molecule has 0 saturated carbocycles. The molecule has 9 heteroatoms. The Balaban J connectivity index is 2.10. The van der Waals surface area contributed by atoms with E-state index in [1.165, 1.54) is 0 Å². The summed E-state index contributed by atoms with van der Waals surface area (Å²) in [6, 6.07) is 0.948. The normalized spacial score (nSPS) is 18.5. The topological polar surface area (TPSA) is 129 Å². The van der Waals surface area contributed by atoms with Crippen molar-refractivity contribution in [3.8, 4) is 0 Å². The maximum Gasteiger partial charge on any atom is 0.343 e. The number of nitro groups is 1. The zero-order valence-electron chi connectivity index (χ0n) is 11.3. The van der Waals surface area contributed by atoms with Crippen molar-refractivity contribution in [2.45, 2.75) is 38.1 Å². The molecule has 9 nitrogen and oxygen atoms in total. The van der Waals surface area contributed by atoms with Crippen LogP contribution in [0.25, 0.3) is 0 Å². The number of amides is 1. The summed E-state index contributed by atoms with van der Waals surface area (Å²) in [5.74, 6) is -1.63. The number of aromatic nitrogens is 2. The molecular formula is C12H16N4O5. The van der Waals surface area contributed by atoms with Crippen LogP contribution in [0.3, 0.4) is 0 Å². The number of aliphatic carboxylic acids is 1. The molecule has 2 heterocycles. The summed E-state index contributed by atoms with van der Waals surface area (Å²) in [4.78, 5) is 34.6. The number of carboxylic acids is 1. The number of H-pyrrole nitrogens is 1. The molecular weight excluding hydrogens is 280 g/mol. The van der Waals surface area contributed by atoms with E-state index in [2.05, 4.69) is 10.2 Å². The molecule has 1 fully saturated rings. The Kier molecular flexibility index (Phi) is 4.51. The van der Waals surface area contributed by atoms with Gasteiger partial charge in [-0.15, -0.1) is 5.10 Å². The van der Waals surface area contributed by atoms with E-state index in [0.29, 0.717) is 13.0 Å². The van der Waals surface area contributed by atoms with Gasteiger partial charge in [-0.3, -0.25) is 9.59 Å². The van der Waals surface area contributed by atoms with E-state index in [-0.39, 0.29) is 24.0 Å². The highest BCUT2D eigenvalue weighted by molar-refractivity contribution is 5.93. The molecule has 1 aromatic rings. The van der Waals surface area contributed by atoms with Gasteiger partial charge in [0.05, 0.1) is 6.07 Å². The van der Waals surface area contributed by atoms with E-state index in [4.69, 9.17) is 5.11 Å². The fourth-order valence-electron chi connectivity index (χ4n) is 2.52. The van der Waals surface area contributed by atoms with E-state index >= 15 is 0 Å². The summed E-state index contributed by atoms with van der Waals surface area (Å²) < 4.78 is 0. The van der Waals surface area contributed by atoms with Crippen LogP contribution in [0.15, 0.2) is 6.07 Å². The van der Waals surface area contributed by atoms with Gasteiger partial charge in [-0.2, -0.15) is 0 Å². The predicted octanol–water partition coefficient (Wildman–Crippen LogP) is 1.18. The molecule has 1 saturated heterocycles. The molecule has 1 atom stereocenters. The van der Waals surface area contributed by atoms with Crippen LogP contribution in [0, 0.1) is 10.1 Å². The van der Waals surface area contributed by atoms with Gasteiger partial charge >= 0.3 is 11.8 Å². The molecule has 2 N–H and O–H groups in total. The summed E-state index contributed by atoms with van der Waals surface area (Å²) in [6.07, 6.45) is 2.89. The van der Waals surface area contributed by atoms with Crippen molar-refractivity contribution in [2.24, 2.45) is 0 Å². The summed E-state index contributed by atoms with van der Waals surface area (Å²) in [7, 11) is 0. The van der Waals surface area contributed by atoms with Gasteiger partial charge in [-0.25, -0.2) is 0 Å². The molecule has 1 amide bonds. The number of carbonyl (C=O) groups excluding carboxylic acids is 1. The number of hydrogen-bond acceptors (Lipinski definition) is 5. The van der Waals surface area contributed by atoms with Crippen molar-refractivity contribution in [3.05, 3.63) is 21.9 Å². The number of hydrogen-bond donors (Lipinski definition) is 2. The number of aromatic amines is 1. The first-order valence-electron chi connectivity index (χ1n) is 6.71. The third-order valence-corrected chi connectivity index (χ3v) is 3.56. The van der Waals surface area contributed by atoms with Gasteiger partial charge in [0.1, 0.15) is 0 Å². The molecule has 1 unspecified atom stereocenters. The van der Waals surface area contributed by atoms with Gasteiger partial charge in [0.2, 0.25) is 0 Å². The number of carboxylic acid groups (broad SMARTS) is 1. The molecule has 2 rings (SSSR count). The van der Waals surface area contributed by atoms with Gasteiger partial charge in [0, 0.05) is 19.0 Å². The van der Waals surface area contributed by atoms with E-state index < -0.39 is 16.8 Å². The Labute approximate surface area is 120 Å². The number of piperidine rings is 1. The van der Waals surface area contributed by atoms with Crippen molar-refractivity contribution in [1.29, 1.82) is 0 Å². The molecule has 0 aliphatic carbocycles. The number of rotatable bonds is 5. The summed E-state index contributed by atoms with van der Waals surface area (Å²) >= 11 is 0. The molecule has 1 aliphatic rings. The second kappa shape index (κ2) is 6.33. The highest BCUT2D eigenvalue weighted by Crippen LogP contribution is 2.23. The number of carbonyl (C=O) groups is 2. The zero-order valence-corrected chi connectivity index (χ0v) is 11.3. The first-order chi connectivity index (χ1) is 9.99. The highest BCUT2D eigenvalue weighted by Gasteiger charge is 2.30. The summed E-state index contributed by atoms with van der Waals surface area (Å²) in [6.45, 7) is 0.518. The van der Waals surface area contributed by atoms with Crippen LogP contribution in [0.4, 0.5) is 5.82 Å². The molecule has 1 aromatic heterocycles. The average Bonchev–Trinajstić information content (AvgIpc) is 2.94. The van der Waals surface area contributed by atoms with Gasteiger partial charge in [-0.1, -0.05) is 5.10 Å². The average molecular weight is 296 g/mol. The van der Waals surface area contributed by atoms with Crippen molar-refractivity contribution in [1.82, 2.24) is 15.1 Å². The Morgan fingerprint density at radius 3 is 2.90 bits per heavy atom. The standard InChI is InChI=1S/C12H16N4O5/c17-11(18)5-4-8-3-1-2-6-15(8)12(19)9-7-10(14-13-9)16(20)21/h7-8H,1-6H2,(H,13,14)(H,17,18). The van der Waals surface area contributed by atoms with Gasteiger partial charge in [0.25, 0.3) is 5.91 Å². The lowest BCUT2D eigenvalue weighted by molar-refractivity contribution is -0.389. The molecule has 0 aromatic carbocycles. The second-order valence-corrected chi connectivity index (χ2v) is 4.98. The maximum atomic E-state index is 12.4. The van der Waals surface area contributed by atoms with Crippen molar-refractivity contribution < 1.29 is 19.6 Å². The van der Waals surface area contributed by atoms with Gasteiger partial charge in [-0.05, 0) is 30.6 Å². The SMILES string of the molecule is O=C(O)CCC1CCCCN1C(=O)c1cc([N+](=O)[O-])[nH]n1. The van der Waals surface area contributed by atoms with Crippen LogP contribution in [0.5, 0.6) is 0 Å². The largest absolute Gasteiger partial charge is 0.481 e. The maximum absolute atomic E-state index is 12.4. The van der Waals surface area contributed by atoms with E-state index in [9.17, 15) is 19.7 Å². The molecule has 114 valence electrons. The number of likely N-dealkylation sites (tertiary alicyclic amines) is 1. The number of nitrogens with one attached hydrogen (secondary N) is 1. The van der Waals surface area contributed by atoms with Crippen LogP contribution < -0.4 is 0 Å². The lowest BCUT2D eigenvalue weighted by Crippen LogP contribution is -2.44. The van der Waals surface area contributed by atoms with E-state index in [0.717, 1.165) is 25.3 Å². The van der Waals surface area contributed by atoms with Crippen LogP contribution in [0.2, 0.25) is 0 Å². The smallest absolute Gasteiger partial charge is 0.343 e. The van der Waals surface area contributed by atoms with Crippen LogP contribution in [0.1, 0.15) is 42.6 Å². The minimum Gasteiger partial charge on any atom is -0.481 e. The summed E-state index contributed by atoms with van der Waals surface area (Å²) in [5.41, 5.74) is -0.0103. The van der Waals surface area contributed by atoms with Gasteiger partial charge < -0.3 is 20.1 Å². The van der Waals surface area contributed by atoms with Crippen molar-refractivity contribution in [2.75, 3.05) is 6.54 Å². The minimum atomic E-state index is -0.900. The van der Waals surface area contributed by atoms with Crippen LogP contribution in [-0.4, -0.2) is 49.6 Å².